The van der Waals surface area contributed by atoms with Crippen LogP contribution in [0.15, 0.2) is 23.2 Å². The zero-order valence-electron chi connectivity index (χ0n) is 16.2. The molecule has 2 rings (SSSR count). The first-order chi connectivity index (χ1) is 11.5. The molecule has 0 spiro atoms. The van der Waals surface area contributed by atoms with Gasteiger partial charge in [-0.3, -0.25) is 4.99 Å². The van der Waals surface area contributed by atoms with Gasteiger partial charge in [-0.05, 0) is 63.0 Å². The van der Waals surface area contributed by atoms with Crippen molar-refractivity contribution in [1.82, 2.24) is 0 Å². The summed E-state index contributed by atoms with van der Waals surface area (Å²) < 4.78 is 6.26. The first-order valence-electron chi connectivity index (χ1n) is 9.87. The van der Waals surface area contributed by atoms with E-state index in [1.807, 2.05) is 6.21 Å². The zero-order chi connectivity index (χ0) is 17.5. The molecule has 1 saturated carbocycles. The fourth-order valence-electron chi connectivity index (χ4n) is 3.62. The first-order valence-corrected chi connectivity index (χ1v) is 9.87. The van der Waals surface area contributed by atoms with Crippen molar-refractivity contribution in [1.29, 1.82) is 0 Å². The maximum Gasteiger partial charge on any atom is 0.131 e. The van der Waals surface area contributed by atoms with Gasteiger partial charge in [0.25, 0.3) is 0 Å². The maximum atomic E-state index is 6.26. The lowest BCUT2D eigenvalue weighted by Gasteiger charge is -2.29. The molecule has 2 nitrogen and oxygen atoms in total. The minimum atomic E-state index is 0.189. The fraction of sp³-hybridized carbons (Fsp3) is 0.682. The Kier molecular flexibility index (Phi) is 7.33. The van der Waals surface area contributed by atoms with Gasteiger partial charge in [-0.15, -0.1) is 0 Å². The topological polar surface area (TPSA) is 21.6 Å². The lowest BCUT2D eigenvalue weighted by Crippen LogP contribution is -2.15. The van der Waals surface area contributed by atoms with E-state index >= 15 is 0 Å². The number of ether oxygens (including phenoxy) is 1. The smallest absolute Gasteiger partial charge is 0.131 e. The lowest BCUT2D eigenvalue weighted by molar-refractivity contribution is 0.235. The largest absolute Gasteiger partial charge is 0.490 e. The SMILES string of the molecule is CCC(CC)N=Cc1cccc(C2CCC(C)CC2)c1OC(C)C. The summed E-state index contributed by atoms with van der Waals surface area (Å²) in [5.41, 5.74) is 2.54. The summed E-state index contributed by atoms with van der Waals surface area (Å²) in [4.78, 5) is 4.79. The second-order valence-electron chi connectivity index (χ2n) is 7.64. The molecule has 0 atom stereocenters. The van der Waals surface area contributed by atoms with E-state index in [1.54, 1.807) is 0 Å². The quantitative estimate of drug-likeness (QED) is 0.532. The third kappa shape index (κ3) is 5.09. The molecule has 1 aromatic carbocycles. The number of hydrogen-bond donors (Lipinski definition) is 0. The average molecular weight is 330 g/mol. The van der Waals surface area contributed by atoms with Crippen LogP contribution in [0.5, 0.6) is 5.75 Å². The van der Waals surface area contributed by atoms with Crippen LogP contribution in [0, 0.1) is 5.92 Å². The van der Waals surface area contributed by atoms with Gasteiger partial charge in [0, 0.05) is 17.8 Å². The van der Waals surface area contributed by atoms with Gasteiger partial charge in [-0.2, -0.15) is 0 Å². The van der Waals surface area contributed by atoms with Gasteiger partial charge in [0.2, 0.25) is 0 Å². The van der Waals surface area contributed by atoms with Crippen molar-refractivity contribution in [3.8, 4) is 5.75 Å². The van der Waals surface area contributed by atoms with E-state index in [9.17, 15) is 0 Å². The molecule has 1 aromatic rings. The highest BCUT2D eigenvalue weighted by atomic mass is 16.5. The molecule has 1 aliphatic carbocycles. The number of para-hydroxylation sites is 1. The van der Waals surface area contributed by atoms with Gasteiger partial charge in [-0.1, -0.05) is 45.7 Å². The molecule has 0 bridgehead atoms. The van der Waals surface area contributed by atoms with Crippen molar-refractivity contribution < 1.29 is 4.74 Å². The van der Waals surface area contributed by atoms with Crippen LogP contribution in [0.2, 0.25) is 0 Å². The Balaban J connectivity index is 2.31. The Morgan fingerprint density at radius 3 is 2.38 bits per heavy atom. The Bertz CT molecular complexity index is 523. The van der Waals surface area contributed by atoms with Crippen LogP contribution in [0.25, 0.3) is 0 Å². The molecule has 0 saturated heterocycles. The Morgan fingerprint density at radius 2 is 1.79 bits per heavy atom. The zero-order valence-corrected chi connectivity index (χ0v) is 16.2. The van der Waals surface area contributed by atoms with Gasteiger partial charge >= 0.3 is 0 Å². The molecule has 0 heterocycles. The summed E-state index contributed by atoms with van der Waals surface area (Å²) in [5, 5.41) is 0. The van der Waals surface area contributed by atoms with Gasteiger partial charge in [0.15, 0.2) is 0 Å². The molecule has 0 aromatic heterocycles. The summed E-state index contributed by atoms with van der Waals surface area (Å²) in [6.07, 6.45) is 9.64. The van der Waals surface area contributed by atoms with Gasteiger partial charge < -0.3 is 4.74 Å². The van der Waals surface area contributed by atoms with E-state index in [0.717, 1.165) is 30.1 Å². The van der Waals surface area contributed by atoms with E-state index in [0.29, 0.717) is 12.0 Å². The third-order valence-electron chi connectivity index (χ3n) is 5.25. The molecule has 0 unspecified atom stereocenters. The highest BCUT2D eigenvalue weighted by molar-refractivity contribution is 5.84. The molecule has 0 radical (unpaired) electrons. The molecule has 0 aliphatic heterocycles. The predicted molar refractivity (Wildman–Crippen MR) is 105 cm³/mol. The first kappa shape index (κ1) is 19.0. The van der Waals surface area contributed by atoms with Gasteiger partial charge in [0.1, 0.15) is 5.75 Å². The number of aliphatic imine (C=N–C) groups is 1. The van der Waals surface area contributed by atoms with Crippen molar-refractivity contribution >= 4 is 6.21 Å². The molecular formula is C22H35NO. The molecule has 0 amide bonds. The molecular weight excluding hydrogens is 294 g/mol. The monoisotopic (exact) mass is 329 g/mol. The Labute approximate surface area is 148 Å². The molecule has 1 fully saturated rings. The highest BCUT2D eigenvalue weighted by Crippen LogP contribution is 2.40. The van der Waals surface area contributed by atoms with E-state index in [2.05, 4.69) is 52.8 Å². The summed E-state index contributed by atoms with van der Waals surface area (Å²) in [5.74, 6) is 2.58. The summed E-state index contributed by atoms with van der Waals surface area (Å²) in [6.45, 7) is 11.0. The molecule has 2 heteroatoms. The van der Waals surface area contributed by atoms with Crippen LogP contribution in [0.4, 0.5) is 0 Å². The van der Waals surface area contributed by atoms with Crippen LogP contribution in [0.3, 0.4) is 0 Å². The van der Waals surface area contributed by atoms with E-state index < -0.39 is 0 Å². The number of hydrogen-bond acceptors (Lipinski definition) is 2. The van der Waals surface area contributed by atoms with Crippen molar-refractivity contribution in [2.24, 2.45) is 10.9 Å². The standard InChI is InChI=1S/C22H35NO/c1-6-20(7-2)23-15-19-9-8-10-21(22(19)24-16(3)4)18-13-11-17(5)12-14-18/h8-10,15-18,20H,6-7,11-14H2,1-5H3. The minimum Gasteiger partial charge on any atom is -0.490 e. The van der Waals surface area contributed by atoms with Crippen LogP contribution < -0.4 is 4.74 Å². The van der Waals surface area contributed by atoms with Gasteiger partial charge in [-0.25, -0.2) is 0 Å². The van der Waals surface area contributed by atoms with E-state index in [-0.39, 0.29) is 6.10 Å². The van der Waals surface area contributed by atoms with Crippen molar-refractivity contribution in [3.05, 3.63) is 29.3 Å². The Morgan fingerprint density at radius 1 is 1.12 bits per heavy atom. The van der Waals surface area contributed by atoms with Crippen LogP contribution in [-0.2, 0) is 0 Å². The van der Waals surface area contributed by atoms with Crippen LogP contribution in [0.1, 0.15) is 90.2 Å². The minimum absolute atomic E-state index is 0.189. The number of nitrogens with zero attached hydrogens (tertiary/aromatic N) is 1. The summed E-state index contributed by atoms with van der Waals surface area (Å²) in [6, 6.07) is 7.01. The lowest BCUT2D eigenvalue weighted by atomic mass is 9.79. The summed E-state index contributed by atoms with van der Waals surface area (Å²) in [7, 11) is 0. The average Bonchev–Trinajstić information content (AvgIpc) is 2.57. The number of benzene rings is 1. The van der Waals surface area contributed by atoms with Crippen LogP contribution >= 0.6 is 0 Å². The van der Waals surface area contributed by atoms with Crippen LogP contribution in [-0.4, -0.2) is 18.4 Å². The van der Waals surface area contributed by atoms with Crippen molar-refractivity contribution in [2.75, 3.05) is 0 Å². The maximum absolute atomic E-state index is 6.26. The van der Waals surface area contributed by atoms with E-state index in [4.69, 9.17) is 9.73 Å². The number of rotatable bonds is 7. The fourth-order valence-corrected chi connectivity index (χ4v) is 3.62. The van der Waals surface area contributed by atoms with Crippen molar-refractivity contribution in [2.45, 2.75) is 91.2 Å². The normalized spacial score (nSPS) is 21.8. The molecule has 0 N–H and O–H groups in total. The Hall–Kier alpha value is -1.31. The molecule has 24 heavy (non-hydrogen) atoms. The molecule has 1 aliphatic rings. The van der Waals surface area contributed by atoms with Gasteiger partial charge in [0.05, 0.1) is 6.10 Å². The summed E-state index contributed by atoms with van der Waals surface area (Å²) >= 11 is 0. The molecule has 134 valence electrons. The third-order valence-corrected chi connectivity index (χ3v) is 5.25. The van der Waals surface area contributed by atoms with Crippen molar-refractivity contribution in [3.63, 3.8) is 0 Å². The second-order valence-corrected chi connectivity index (χ2v) is 7.64. The van der Waals surface area contributed by atoms with E-state index in [1.165, 1.54) is 31.2 Å². The highest BCUT2D eigenvalue weighted by Gasteiger charge is 2.24. The predicted octanol–water partition coefficient (Wildman–Crippen LogP) is 6.38. The second kappa shape index (κ2) is 9.25.